The number of fused-ring (bicyclic) bond motifs is 3. The fourth-order valence-electron chi connectivity index (χ4n) is 4.58. The molecule has 1 unspecified atom stereocenters. The Bertz CT molecular complexity index is 1130. The van der Waals surface area contributed by atoms with Crippen LogP contribution in [0.15, 0.2) is 97.1 Å². The van der Waals surface area contributed by atoms with Crippen LogP contribution in [0.3, 0.4) is 0 Å². The van der Waals surface area contributed by atoms with Crippen LogP contribution < -0.4 is 11.5 Å². The molecule has 0 radical (unpaired) electrons. The monoisotopic (exact) mass is 348 g/mol. The van der Waals surface area contributed by atoms with Gasteiger partial charge in [-0.3, -0.25) is 0 Å². The highest BCUT2D eigenvalue weighted by Gasteiger charge is 2.47. The Labute approximate surface area is 159 Å². The Balaban J connectivity index is 1.99. The Kier molecular flexibility index (Phi) is 3.34. The third kappa shape index (κ3) is 2.07. The van der Waals surface area contributed by atoms with Gasteiger partial charge in [0.25, 0.3) is 0 Å². The van der Waals surface area contributed by atoms with Gasteiger partial charge in [0, 0.05) is 16.9 Å². The zero-order chi connectivity index (χ0) is 18.4. The summed E-state index contributed by atoms with van der Waals surface area (Å²) in [5.74, 6) is 0. The van der Waals surface area contributed by atoms with E-state index in [1.54, 1.807) is 0 Å². The van der Waals surface area contributed by atoms with Crippen LogP contribution in [-0.2, 0) is 5.41 Å². The predicted molar refractivity (Wildman–Crippen MR) is 113 cm³/mol. The second-order valence-corrected chi connectivity index (χ2v) is 7.05. The van der Waals surface area contributed by atoms with Crippen molar-refractivity contribution in [3.8, 4) is 11.1 Å². The van der Waals surface area contributed by atoms with E-state index in [-0.39, 0.29) is 0 Å². The highest BCUT2D eigenvalue weighted by molar-refractivity contribution is 5.90. The van der Waals surface area contributed by atoms with Crippen molar-refractivity contribution in [2.24, 2.45) is 0 Å². The maximum Gasteiger partial charge on any atom is 0.0733 e. The van der Waals surface area contributed by atoms with E-state index in [0.29, 0.717) is 0 Å². The molecule has 0 amide bonds. The summed E-state index contributed by atoms with van der Waals surface area (Å²) in [6.45, 7) is 0. The van der Waals surface area contributed by atoms with Crippen LogP contribution in [0.4, 0.5) is 11.4 Å². The lowest BCUT2D eigenvalue weighted by Crippen LogP contribution is -2.29. The average Bonchev–Trinajstić information content (AvgIpc) is 3.02. The largest absolute Gasteiger partial charge is 0.399 e. The van der Waals surface area contributed by atoms with Gasteiger partial charge in [-0.1, -0.05) is 78.9 Å². The van der Waals surface area contributed by atoms with Gasteiger partial charge in [0.15, 0.2) is 0 Å². The number of rotatable bonds is 2. The minimum absolute atomic E-state index is 0.452. The first-order valence-electron chi connectivity index (χ1n) is 9.13. The Morgan fingerprint density at radius 2 is 1.15 bits per heavy atom. The van der Waals surface area contributed by atoms with E-state index in [1.807, 2.05) is 24.3 Å². The molecule has 4 aromatic carbocycles. The SMILES string of the molecule is Nc1ccc(C2(c3ccccc3)c3ccccc3-c3cccc(N)c32)cc1. The lowest BCUT2D eigenvalue weighted by molar-refractivity contribution is 0.771. The second-order valence-electron chi connectivity index (χ2n) is 7.05. The molecule has 1 aliphatic rings. The first kappa shape index (κ1) is 15.7. The molecule has 0 aliphatic heterocycles. The van der Waals surface area contributed by atoms with Crippen LogP contribution in [-0.4, -0.2) is 0 Å². The van der Waals surface area contributed by atoms with Crippen LogP contribution in [0.1, 0.15) is 22.3 Å². The Hall–Kier alpha value is -3.52. The Morgan fingerprint density at radius 3 is 1.93 bits per heavy atom. The standard InChI is InChI=1S/C25H20N2/c26-19-15-13-18(14-16-19)25(17-7-2-1-3-8-17)22-11-5-4-9-20(22)21-10-6-12-23(27)24(21)25/h1-16H,26-27H2. The number of hydrogen-bond donors (Lipinski definition) is 2. The molecule has 5 rings (SSSR count). The summed E-state index contributed by atoms with van der Waals surface area (Å²) in [4.78, 5) is 0. The van der Waals surface area contributed by atoms with Gasteiger partial charge in [-0.15, -0.1) is 0 Å². The van der Waals surface area contributed by atoms with Crippen molar-refractivity contribution in [3.05, 3.63) is 119 Å². The number of nitrogens with two attached hydrogens (primary N) is 2. The predicted octanol–water partition coefficient (Wildman–Crippen LogP) is 5.21. The number of hydrogen-bond acceptors (Lipinski definition) is 2. The van der Waals surface area contributed by atoms with Crippen LogP contribution >= 0.6 is 0 Å². The van der Waals surface area contributed by atoms with Crippen molar-refractivity contribution in [1.29, 1.82) is 0 Å². The average molecular weight is 348 g/mol. The molecule has 27 heavy (non-hydrogen) atoms. The van der Waals surface area contributed by atoms with Crippen molar-refractivity contribution in [2.75, 3.05) is 11.5 Å². The number of nitrogen functional groups attached to an aromatic ring is 2. The number of benzene rings is 4. The van der Waals surface area contributed by atoms with E-state index >= 15 is 0 Å². The van der Waals surface area contributed by atoms with Gasteiger partial charge < -0.3 is 11.5 Å². The third-order valence-electron chi connectivity index (χ3n) is 5.64. The molecule has 0 bridgehead atoms. The van der Waals surface area contributed by atoms with E-state index in [1.165, 1.54) is 27.8 Å². The third-order valence-corrected chi connectivity index (χ3v) is 5.64. The smallest absolute Gasteiger partial charge is 0.0733 e. The fourth-order valence-corrected chi connectivity index (χ4v) is 4.58. The molecule has 1 atom stereocenters. The van der Waals surface area contributed by atoms with Crippen LogP contribution in [0.5, 0.6) is 0 Å². The van der Waals surface area contributed by atoms with E-state index in [0.717, 1.165) is 16.9 Å². The van der Waals surface area contributed by atoms with Crippen LogP contribution in [0.2, 0.25) is 0 Å². The van der Waals surface area contributed by atoms with Gasteiger partial charge in [-0.05, 0) is 46.0 Å². The van der Waals surface area contributed by atoms with Crippen molar-refractivity contribution in [3.63, 3.8) is 0 Å². The summed E-state index contributed by atoms with van der Waals surface area (Å²) in [5.41, 5.74) is 21.0. The first-order chi connectivity index (χ1) is 13.2. The van der Waals surface area contributed by atoms with Gasteiger partial charge in [-0.25, -0.2) is 0 Å². The van der Waals surface area contributed by atoms with E-state index in [2.05, 4.69) is 72.8 Å². The molecule has 0 heterocycles. The first-order valence-corrected chi connectivity index (χ1v) is 9.13. The summed E-state index contributed by atoms with van der Waals surface area (Å²) in [6, 6.07) is 33.6. The van der Waals surface area contributed by atoms with Gasteiger partial charge in [-0.2, -0.15) is 0 Å². The minimum Gasteiger partial charge on any atom is -0.399 e. The molecule has 0 aromatic heterocycles. The highest BCUT2D eigenvalue weighted by atomic mass is 14.6. The Morgan fingerprint density at radius 1 is 0.519 bits per heavy atom. The lowest BCUT2D eigenvalue weighted by atomic mass is 9.67. The summed E-state index contributed by atoms with van der Waals surface area (Å²) in [5, 5.41) is 0. The molecule has 130 valence electrons. The topological polar surface area (TPSA) is 52.0 Å². The van der Waals surface area contributed by atoms with Crippen molar-refractivity contribution >= 4 is 11.4 Å². The quantitative estimate of drug-likeness (QED) is 0.430. The molecule has 2 heteroatoms. The molecule has 0 fully saturated rings. The molecular weight excluding hydrogens is 328 g/mol. The molecule has 0 saturated heterocycles. The van der Waals surface area contributed by atoms with Gasteiger partial charge in [0.1, 0.15) is 0 Å². The molecule has 4 aromatic rings. The molecule has 0 spiro atoms. The normalized spacial score (nSPS) is 17.3. The molecule has 1 aliphatic carbocycles. The molecule has 2 nitrogen and oxygen atoms in total. The zero-order valence-corrected chi connectivity index (χ0v) is 14.9. The summed E-state index contributed by atoms with van der Waals surface area (Å²) in [7, 11) is 0. The second kappa shape index (κ2) is 5.75. The lowest BCUT2D eigenvalue weighted by Gasteiger charge is -2.34. The summed E-state index contributed by atoms with van der Waals surface area (Å²) in [6.07, 6.45) is 0. The molecule has 0 saturated carbocycles. The van der Waals surface area contributed by atoms with Gasteiger partial charge in [0.05, 0.1) is 5.41 Å². The van der Waals surface area contributed by atoms with E-state index < -0.39 is 5.41 Å². The maximum atomic E-state index is 6.61. The van der Waals surface area contributed by atoms with Crippen molar-refractivity contribution in [1.82, 2.24) is 0 Å². The highest BCUT2D eigenvalue weighted by Crippen LogP contribution is 2.57. The number of anilines is 2. The maximum absolute atomic E-state index is 6.61. The zero-order valence-electron chi connectivity index (χ0n) is 14.9. The van der Waals surface area contributed by atoms with E-state index in [9.17, 15) is 0 Å². The molecular formula is C25H20N2. The van der Waals surface area contributed by atoms with E-state index in [4.69, 9.17) is 11.5 Å². The van der Waals surface area contributed by atoms with Crippen molar-refractivity contribution in [2.45, 2.75) is 5.41 Å². The summed E-state index contributed by atoms with van der Waals surface area (Å²) >= 11 is 0. The molecule has 4 N–H and O–H groups in total. The fraction of sp³-hybridized carbons (Fsp3) is 0.0400. The van der Waals surface area contributed by atoms with Crippen LogP contribution in [0, 0.1) is 0 Å². The van der Waals surface area contributed by atoms with Gasteiger partial charge in [0.2, 0.25) is 0 Å². The minimum atomic E-state index is -0.452. The van der Waals surface area contributed by atoms with Crippen molar-refractivity contribution < 1.29 is 0 Å². The summed E-state index contributed by atoms with van der Waals surface area (Å²) < 4.78 is 0. The van der Waals surface area contributed by atoms with Gasteiger partial charge >= 0.3 is 0 Å². The van der Waals surface area contributed by atoms with Crippen LogP contribution in [0.25, 0.3) is 11.1 Å².